The summed E-state index contributed by atoms with van der Waals surface area (Å²) >= 11 is 0. The molecule has 30 heavy (non-hydrogen) atoms. The lowest BCUT2D eigenvalue weighted by Gasteiger charge is -2.57. The SMILES string of the molecule is CCN=C(NC1C2CCOC2C12CCCC2)N(C)CCc1ccc(OC)c(OC)c1. The zero-order chi connectivity index (χ0) is 21.1. The topological polar surface area (TPSA) is 55.3 Å². The first-order valence-corrected chi connectivity index (χ1v) is 11.5. The third-order valence-corrected chi connectivity index (χ3v) is 7.42. The zero-order valence-corrected chi connectivity index (χ0v) is 18.9. The smallest absolute Gasteiger partial charge is 0.193 e. The van der Waals surface area contributed by atoms with Crippen LogP contribution in [-0.2, 0) is 11.2 Å². The van der Waals surface area contributed by atoms with Crippen molar-refractivity contribution in [1.29, 1.82) is 0 Å². The summed E-state index contributed by atoms with van der Waals surface area (Å²) in [4.78, 5) is 7.10. The molecule has 1 aromatic carbocycles. The summed E-state index contributed by atoms with van der Waals surface area (Å²) in [5.74, 6) is 3.22. The van der Waals surface area contributed by atoms with E-state index in [1.54, 1.807) is 14.2 Å². The highest BCUT2D eigenvalue weighted by atomic mass is 16.5. The van der Waals surface area contributed by atoms with E-state index in [9.17, 15) is 0 Å². The van der Waals surface area contributed by atoms with Gasteiger partial charge in [0.05, 0.1) is 20.3 Å². The summed E-state index contributed by atoms with van der Waals surface area (Å²) in [5.41, 5.74) is 1.57. The van der Waals surface area contributed by atoms with E-state index in [-0.39, 0.29) is 0 Å². The molecule has 3 aliphatic rings. The summed E-state index contributed by atoms with van der Waals surface area (Å²) in [7, 11) is 5.49. The van der Waals surface area contributed by atoms with Crippen LogP contribution in [0.4, 0.5) is 0 Å². The summed E-state index contributed by atoms with van der Waals surface area (Å²) in [6.45, 7) is 4.71. The van der Waals surface area contributed by atoms with Crippen molar-refractivity contribution in [3.8, 4) is 11.5 Å². The second-order valence-electron chi connectivity index (χ2n) is 8.97. The molecule has 1 aliphatic heterocycles. The highest BCUT2D eigenvalue weighted by molar-refractivity contribution is 5.80. The zero-order valence-electron chi connectivity index (χ0n) is 18.9. The molecule has 3 fully saturated rings. The quantitative estimate of drug-likeness (QED) is 0.546. The van der Waals surface area contributed by atoms with Crippen molar-refractivity contribution >= 4 is 5.96 Å². The van der Waals surface area contributed by atoms with Crippen LogP contribution in [0.1, 0.15) is 44.6 Å². The molecule has 0 aromatic heterocycles. The Kier molecular flexibility index (Phi) is 6.42. The van der Waals surface area contributed by atoms with E-state index >= 15 is 0 Å². The molecule has 1 heterocycles. The standard InChI is InChI=1S/C24H37N3O3/c1-5-25-23(26-21-18-11-15-30-22(18)24(21)12-6-7-13-24)27(2)14-10-17-8-9-19(28-3)20(16-17)29-4/h8-9,16,18,21-22H,5-7,10-15H2,1-4H3,(H,25,26). The van der Waals surface area contributed by atoms with Gasteiger partial charge in [-0.3, -0.25) is 4.99 Å². The molecule has 0 radical (unpaired) electrons. The lowest BCUT2D eigenvalue weighted by atomic mass is 9.54. The van der Waals surface area contributed by atoms with Gasteiger partial charge in [-0.05, 0) is 50.3 Å². The van der Waals surface area contributed by atoms with Gasteiger partial charge in [0, 0.05) is 44.1 Å². The molecule has 1 saturated heterocycles. The maximum absolute atomic E-state index is 6.15. The Morgan fingerprint density at radius 1 is 1.23 bits per heavy atom. The van der Waals surface area contributed by atoms with E-state index in [2.05, 4.69) is 36.3 Å². The van der Waals surface area contributed by atoms with Crippen LogP contribution in [0.2, 0.25) is 0 Å². The number of methoxy groups -OCH3 is 2. The fraction of sp³-hybridized carbons (Fsp3) is 0.708. The molecule has 6 heteroatoms. The highest BCUT2D eigenvalue weighted by Gasteiger charge is 2.65. The van der Waals surface area contributed by atoms with Crippen molar-refractivity contribution in [1.82, 2.24) is 10.2 Å². The number of ether oxygens (including phenoxy) is 3. The Morgan fingerprint density at radius 2 is 2.00 bits per heavy atom. The number of fused-ring (bicyclic) bond motifs is 2. The van der Waals surface area contributed by atoms with Crippen LogP contribution < -0.4 is 14.8 Å². The Labute approximate surface area is 181 Å². The number of nitrogens with zero attached hydrogens (tertiary/aromatic N) is 2. The fourth-order valence-electron chi connectivity index (χ4n) is 5.91. The summed E-state index contributed by atoms with van der Waals surface area (Å²) in [6.07, 6.45) is 7.82. The van der Waals surface area contributed by atoms with E-state index in [1.165, 1.54) is 37.7 Å². The monoisotopic (exact) mass is 415 g/mol. The molecule has 1 aromatic rings. The summed E-state index contributed by atoms with van der Waals surface area (Å²) < 4.78 is 17.0. The van der Waals surface area contributed by atoms with E-state index in [0.29, 0.717) is 23.5 Å². The van der Waals surface area contributed by atoms with Gasteiger partial charge >= 0.3 is 0 Å². The van der Waals surface area contributed by atoms with Gasteiger partial charge in [-0.2, -0.15) is 0 Å². The van der Waals surface area contributed by atoms with Crippen LogP contribution >= 0.6 is 0 Å². The Hall–Kier alpha value is -1.95. The first-order chi connectivity index (χ1) is 14.6. The lowest BCUT2D eigenvalue weighted by molar-refractivity contribution is -0.125. The van der Waals surface area contributed by atoms with Crippen LogP contribution in [-0.4, -0.2) is 64.0 Å². The van der Waals surface area contributed by atoms with Gasteiger partial charge < -0.3 is 24.4 Å². The second-order valence-corrected chi connectivity index (χ2v) is 8.97. The Bertz CT molecular complexity index is 760. The second kappa shape index (κ2) is 9.04. The maximum Gasteiger partial charge on any atom is 0.193 e. The van der Waals surface area contributed by atoms with Crippen molar-refractivity contribution in [2.24, 2.45) is 16.3 Å². The van der Waals surface area contributed by atoms with Crippen molar-refractivity contribution in [3.63, 3.8) is 0 Å². The van der Waals surface area contributed by atoms with E-state index in [1.807, 2.05) is 6.07 Å². The van der Waals surface area contributed by atoms with Crippen molar-refractivity contribution in [3.05, 3.63) is 23.8 Å². The molecule has 0 bridgehead atoms. The molecular formula is C24H37N3O3. The van der Waals surface area contributed by atoms with E-state index in [0.717, 1.165) is 43.6 Å². The predicted octanol–water partition coefficient (Wildman–Crippen LogP) is 3.49. The summed E-state index contributed by atoms with van der Waals surface area (Å²) in [6, 6.07) is 6.66. The first-order valence-electron chi connectivity index (χ1n) is 11.5. The fourth-order valence-corrected chi connectivity index (χ4v) is 5.91. The van der Waals surface area contributed by atoms with E-state index in [4.69, 9.17) is 19.2 Å². The number of nitrogens with one attached hydrogen (secondary N) is 1. The first kappa shape index (κ1) is 21.3. The number of benzene rings is 1. The van der Waals surface area contributed by atoms with Gasteiger partial charge in [-0.15, -0.1) is 0 Å². The number of rotatable bonds is 7. The molecule has 1 N–H and O–H groups in total. The normalized spacial score (nSPS) is 26.9. The van der Waals surface area contributed by atoms with Crippen LogP contribution in [0, 0.1) is 11.3 Å². The number of hydrogen-bond acceptors (Lipinski definition) is 4. The van der Waals surface area contributed by atoms with E-state index < -0.39 is 0 Å². The Morgan fingerprint density at radius 3 is 2.70 bits per heavy atom. The lowest BCUT2D eigenvalue weighted by Crippen LogP contribution is -2.69. The van der Waals surface area contributed by atoms with Crippen LogP contribution in [0.25, 0.3) is 0 Å². The maximum atomic E-state index is 6.15. The third kappa shape index (κ3) is 3.75. The number of hydrogen-bond donors (Lipinski definition) is 1. The third-order valence-electron chi connectivity index (χ3n) is 7.42. The van der Waals surface area contributed by atoms with Crippen molar-refractivity contribution < 1.29 is 14.2 Å². The average molecular weight is 416 g/mol. The molecule has 166 valence electrons. The van der Waals surface area contributed by atoms with Crippen LogP contribution in [0.5, 0.6) is 11.5 Å². The van der Waals surface area contributed by atoms with Crippen LogP contribution in [0.3, 0.4) is 0 Å². The largest absolute Gasteiger partial charge is 0.493 e. The van der Waals surface area contributed by atoms with Gasteiger partial charge in [0.25, 0.3) is 0 Å². The molecule has 4 rings (SSSR count). The Balaban J connectivity index is 1.41. The molecular weight excluding hydrogens is 378 g/mol. The minimum Gasteiger partial charge on any atom is -0.493 e. The highest BCUT2D eigenvalue weighted by Crippen LogP contribution is 2.60. The van der Waals surface area contributed by atoms with Crippen molar-refractivity contribution in [2.75, 3.05) is 41.0 Å². The number of likely N-dealkylation sites (N-methyl/N-ethyl adjacent to an activating group) is 1. The molecule has 3 unspecified atom stereocenters. The van der Waals surface area contributed by atoms with Gasteiger partial charge in [0.2, 0.25) is 0 Å². The molecule has 1 spiro atoms. The van der Waals surface area contributed by atoms with Crippen molar-refractivity contribution in [2.45, 2.75) is 57.6 Å². The van der Waals surface area contributed by atoms with Gasteiger partial charge in [0.1, 0.15) is 0 Å². The molecule has 0 amide bonds. The van der Waals surface area contributed by atoms with Gasteiger partial charge in [-0.1, -0.05) is 18.9 Å². The van der Waals surface area contributed by atoms with Crippen LogP contribution in [0.15, 0.2) is 23.2 Å². The van der Waals surface area contributed by atoms with Gasteiger partial charge in [0.15, 0.2) is 17.5 Å². The predicted molar refractivity (Wildman–Crippen MR) is 120 cm³/mol. The minimum atomic E-state index is 0.333. The molecule has 3 atom stereocenters. The minimum absolute atomic E-state index is 0.333. The molecule has 6 nitrogen and oxygen atoms in total. The number of aliphatic imine (C=N–C) groups is 1. The number of guanidine groups is 1. The molecule has 2 saturated carbocycles. The van der Waals surface area contributed by atoms with Gasteiger partial charge in [-0.25, -0.2) is 0 Å². The average Bonchev–Trinajstić information content (AvgIpc) is 3.43. The summed E-state index contributed by atoms with van der Waals surface area (Å²) in [5, 5.41) is 3.89. The molecule has 2 aliphatic carbocycles.